The smallest absolute Gasteiger partial charge is 0.404 e. The molecular formula is C17H14F2O3S. The second-order valence-electron chi connectivity index (χ2n) is 4.66. The molecule has 0 saturated carbocycles. The fraction of sp³-hybridized carbons (Fsp3) is 0.176. The maximum Gasteiger partial charge on any atom is 0.404 e. The Morgan fingerprint density at radius 2 is 1.65 bits per heavy atom. The van der Waals surface area contributed by atoms with Gasteiger partial charge in [-0.2, -0.15) is 8.78 Å². The van der Waals surface area contributed by atoms with E-state index in [-0.39, 0.29) is 12.2 Å². The molecule has 23 heavy (non-hydrogen) atoms. The molecule has 0 spiro atoms. The lowest BCUT2D eigenvalue weighted by Gasteiger charge is -2.15. The molecule has 3 nitrogen and oxygen atoms in total. The van der Waals surface area contributed by atoms with Gasteiger partial charge in [0.2, 0.25) is 5.78 Å². The fourth-order valence-corrected chi connectivity index (χ4v) is 2.52. The monoisotopic (exact) mass is 336 g/mol. The molecule has 0 radical (unpaired) electrons. The lowest BCUT2D eigenvalue weighted by Crippen LogP contribution is -2.39. The van der Waals surface area contributed by atoms with E-state index >= 15 is 0 Å². The van der Waals surface area contributed by atoms with Crippen molar-refractivity contribution in [3.63, 3.8) is 0 Å². The number of hydrogen-bond donors (Lipinski definition) is 0. The van der Waals surface area contributed by atoms with Crippen molar-refractivity contribution in [1.29, 1.82) is 0 Å². The largest absolute Gasteiger partial charge is 0.456 e. The number of benzene rings is 2. The third-order valence-corrected chi connectivity index (χ3v) is 3.97. The highest BCUT2D eigenvalue weighted by molar-refractivity contribution is 7.98. The van der Waals surface area contributed by atoms with Crippen molar-refractivity contribution in [3.05, 3.63) is 65.7 Å². The second-order valence-corrected chi connectivity index (χ2v) is 5.51. The lowest BCUT2D eigenvalue weighted by atomic mass is 10.1. The zero-order valence-corrected chi connectivity index (χ0v) is 13.1. The zero-order valence-electron chi connectivity index (χ0n) is 12.3. The van der Waals surface area contributed by atoms with Crippen molar-refractivity contribution >= 4 is 23.5 Å². The Bertz CT molecular complexity index is 702. The molecule has 0 unspecified atom stereocenters. The summed E-state index contributed by atoms with van der Waals surface area (Å²) >= 11 is 1.41. The van der Waals surface area contributed by atoms with Crippen molar-refractivity contribution in [2.75, 3.05) is 6.26 Å². The summed E-state index contributed by atoms with van der Waals surface area (Å²) in [6.45, 7) is -0.312. The van der Waals surface area contributed by atoms with Crippen LogP contribution in [0, 0.1) is 0 Å². The highest BCUT2D eigenvalue weighted by Crippen LogP contribution is 2.24. The summed E-state index contributed by atoms with van der Waals surface area (Å²) in [5, 5.41) is 0. The van der Waals surface area contributed by atoms with E-state index in [1.807, 2.05) is 6.26 Å². The average molecular weight is 336 g/mol. The van der Waals surface area contributed by atoms with E-state index in [9.17, 15) is 18.4 Å². The first-order valence-corrected chi connectivity index (χ1v) is 7.96. The van der Waals surface area contributed by atoms with Gasteiger partial charge in [0.15, 0.2) is 0 Å². The predicted octanol–water partition coefficient (Wildman–Crippen LogP) is 3.97. The molecule has 0 fully saturated rings. The second kappa shape index (κ2) is 7.37. The lowest BCUT2D eigenvalue weighted by molar-refractivity contribution is -0.166. The number of carbonyl (C=O) groups is 2. The van der Waals surface area contributed by atoms with Gasteiger partial charge in [0, 0.05) is 16.0 Å². The fourth-order valence-electron chi connectivity index (χ4n) is 1.92. The molecule has 0 aliphatic rings. The Morgan fingerprint density at radius 1 is 1.04 bits per heavy atom. The third-order valence-electron chi connectivity index (χ3n) is 3.13. The van der Waals surface area contributed by atoms with E-state index in [0.29, 0.717) is 5.56 Å². The van der Waals surface area contributed by atoms with Crippen LogP contribution in [0.3, 0.4) is 0 Å². The molecule has 0 aliphatic heterocycles. The number of alkyl halides is 2. The van der Waals surface area contributed by atoms with Crippen molar-refractivity contribution in [2.24, 2.45) is 0 Å². The number of halogens is 2. The molecule has 2 rings (SSSR count). The average Bonchev–Trinajstić information content (AvgIpc) is 2.59. The van der Waals surface area contributed by atoms with Gasteiger partial charge < -0.3 is 4.74 Å². The molecule has 0 aliphatic carbocycles. The van der Waals surface area contributed by atoms with Gasteiger partial charge >= 0.3 is 11.9 Å². The minimum atomic E-state index is -4.21. The van der Waals surface area contributed by atoms with Crippen LogP contribution in [0.2, 0.25) is 0 Å². The summed E-state index contributed by atoms with van der Waals surface area (Å²) in [4.78, 5) is 24.3. The van der Waals surface area contributed by atoms with Crippen LogP contribution >= 0.6 is 11.8 Å². The highest BCUT2D eigenvalue weighted by atomic mass is 32.2. The van der Waals surface area contributed by atoms with Gasteiger partial charge in [0.1, 0.15) is 6.61 Å². The van der Waals surface area contributed by atoms with Crippen LogP contribution in [-0.4, -0.2) is 23.9 Å². The van der Waals surface area contributed by atoms with E-state index in [0.717, 1.165) is 4.90 Å². The topological polar surface area (TPSA) is 43.4 Å². The molecule has 6 heteroatoms. The minimum Gasteiger partial charge on any atom is -0.456 e. The first-order valence-electron chi connectivity index (χ1n) is 6.73. The van der Waals surface area contributed by atoms with Crippen LogP contribution in [0.4, 0.5) is 8.78 Å². The summed E-state index contributed by atoms with van der Waals surface area (Å²) in [5.41, 5.74) is 0.371. The van der Waals surface area contributed by atoms with Crippen LogP contribution in [0.1, 0.15) is 15.9 Å². The number of carbonyl (C=O) groups excluding carboxylic acids is 2. The first-order chi connectivity index (χ1) is 11.0. The molecule has 0 bridgehead atoms. The number of esters is 1. The Labute approximate surface area is 136 Å². The minimum absolute atomic E-state index is 0.237. The van der Waals surface area contributed by atoms with Crippen LogP contribution in [-0.2, 0) is 16.1 Å². The Morgan fingerprint density at radius 3 is 2.30 bits per heavy atom. The van der Waals surface area contributed by atoms with Crippen LogP contribution in [0.15, 0.2) is 59.5 Å². The normalized spacial score (nSPS) is 11.1. The Balaban J connectivity index is 2.08. The standard InChI is InChI=1S/C17H14F2O3S/c1-23-14-10-6-5-9-13(14)11-22-16(21)17(18,19)15(20)12-7-3-2-4-8-12/h2-10H,11H2,1H3. The maximum atomic E-state index is 14.0. The molecule has 0 amide bonds. The van der Waals surface area contributed by atoms with E-state index < -0.39 is 17.7 Å². The number of hydrogen-bond acceptors (Lipinski definition) is 4. The van der Waals surface area contributed by atoms with Gasteiger partial charge in [0.25, 0.3) is 0 Å². The van der Waals surface area contributed by atoms with Crippen LogP contribution in [0.25, 0.3) is 0 Å². The van der Waals surface area contributed by atoms with Gasteiger partial charge in [-0.15, -0.1) is 11.8 Å². The molecule has 0 aromatic heterocycles. The summed E-state index contributed by atoms with van der Waals surface area (Å²) < 4.78 is 32.6. The van der Waals surface area contributed by atoms with E-state index in [1.54, 1.807) is 30.3 Å². The summed E-state index contributed by atoms with van der Waals surface area (Å²) in [7, 11) is 0. The van der Waals surface area contributed by atoms with Gasteiger partial charge in [-0.1, -0.05) is 48.5 Å². The van der Waals surface area contributed by atoms with E-state index in [4.69, 9.17) is 0 Å². The predicted molar refractivity (Wildman–Crippen MR) is 83.7 cm³/mol. The van der Waals surface area contributed by atoms with Crippen molar-refractivity contribution in [1.82, 2.24) is 0 Å². The van der Waals surface area contributed by atoms with Gasteiger partial charge in [-0.05, 0) is 12.3 Å². The molecule has 0 atom stereocenters. The number of Topliss-reactive ketones (excluding diaryl/α,β-unsaturated/α-hetero) is 1. The van der Waals surface area contributed by atoms with E-state index in [1.165, 1.54) is 36.0 Å². The van der Waals surface area contributed by atoms with Crippen LogP contribution in [0.5, 0.6) is 0 Å². The zero-order chi connectivity index (χ0) is 16.9. The SMILES string of the molecule is CSc1ccccc1COC(=O)C(F)(F)C(=O)c1ccccc1. The quantitative estimate of drug-likeness (QED) is 0.346. The maximum absolute atomic E-state index is 14.0. The molecule has 0 heterocycles. The number of rotatable bonds is 6. The summed E-state index contributed by atoms with van der Waals surface area (Å²) in [5.74, 6) is -7.63. The number of ether oxygens (including phenoxy) is 1. The van der Waals surface area contributed by atoms with Gasteiger partial charge in [0.05, 0.1) is 0 Å². The van der Waals surface area contributed by atoms with Crippen molar-refractivity contribution in [3.8, 4) is 0 Å². The Hall–Kier alpha value is -2.21. The molecule has 120 valence electrons. The van der Waals surface area contributed by atoms with E-state index in [2.05, 4.69) is 4.74 Å². The van der Waals surface area contributed by atoms with Gasteiger partial charge in [-0.3, -0.25) is 4.79 Å². The first kappa shape index (κ1) is 17.1. The highest BCUT2D eigenvalue weighted by Gasteiger charge is 2.49. The third kappa shape index (κ3) is 3.96. The molecule has 2 aromatic carbocycles. The summed E-state index contributed by atoms with van der Waals surface area (Å²) in [6, 6.07) is 13.9. The molecule has 2 aromatic rings. The summed E-state index contributed by atoms with van der Waals surface area (Å²) in [6.07, 6.45) is 1.83. The number of ketones is 1. The van der Waals surface area contributed by atoms with Gasteiger partial charge in [-0.25, -0.2) is 4.79 Å². The Kier molecular flexibility index (Phi) is 5.50. The van der Waals surface area contributed by atoms with Crippen LogP contribution < -0.4 is 0 Å². The van der Waals surface area contributed by atoms with Crippen molar-refractivity contribution in [2.45, 2.75) is 17.4 Å². The molecular weight excluding hydrogens is 322 g/mol. The molecule has 0 N–H and O–H groups in total. The number of thioether (sulfide) groups is 1. The van der Waals surface area contributed by atoms with Crippen molar-refractivity contribution < 1.29 is 23.1 Å². The molecule has 0 saturated heterocycles.